The van der Waals surface area contributed by atoms with E-state index in [0.29, 0.717) is 27.7 Å². The van der Waals surface area contributed by atoms with Gasteiger partial charge in [0.1, 0.15) is 17.4 Å². The van der Waals surface area contributed by atoms with Gasteiger partial charge in [0.2, 0.25) is 11.0 Å². The summed E-state index contributed by atoms with van der Waals surface area (Å²) in [6.07, 6.45) is 6.39. The number of halogens is 1. The Labute approximate surface area is 208 Å². The second kappa shape index (κ2) is 8.79. The standard InChI is InChI=1S/C23H19ClN6O4S/c1-34-16-9-26-17(24)6-13(16)15-10-30(11-18(25)31)20(32)7-14(15)21(33)27-22-29-28-19(35-22)3-2-12-8-23(12)4-5-23/h6-7,9-10,12H,4-5,8,11H2,1H3,(H2,25,31)(H,27,29,33). The van der Waals surface area contributed by atoms with Crippen molar-refractivity contribution in [3.8, 4) is 28.7 Å². The van der Waals surface area contributed by atoms with Crippen molar-refractivity contribution >= 4 is 39.9 Å². The Balaban J connectivity index is 1.47. The van der Waals surface area contributed by atoms with Crippen LogP contribution in [0, 0.1) is 23.2 Å². The fourth-order valence-corrected chi connectivity index (χ4v) is 4.72. The summed E-state index contributed by atoms with van der Waals surface area (Å²) in [5.41, 5.74) is 5.87. The molecule has 5 rings (SSSR count). The van der Waals surface area contributed by atoms with Crippen LogP contribution in [0.5, 0.6) is 5.75 Å². The number of primary amides is 1. The summed E-state index contributed by atoms with van der Waals surface area (Å²) in [4.78, 5) is 41.3. The van der Waals surface area contributed by atoms with Gasteiger partial charge >= 0.3 is 0 Å². The molecule has 1 atom stereocenters. The number of nitrogens with one attached hydrogen (secondary N) is 1. The van der Waals surface area contributed by atoms with Crippen LogP contribution in [0.1, 0.15) is 34.6 Å². The predicted molar refractivity (Wildman–Crippen MR) is 129 cm³/mol. The van der Waals surface area contributed by atoms with Crippen LogP contribution in [-0.2, 0) is 11.3 Å². The SMILES string of the molecule is COc1cnc(Cl)cc1-c1cn(CC(N)=O)c(=O)cc1C(=O)Nc1nnc(C#CC2CC23CC3)s1. The number of hydrogen-bond acceptors (Lipinski definition) is 8. The third kappa shape index (κ3) is 4.76. The Morgan fingerprint density at radius 2 is 2.14 bits per heavy atom. The number of rotatable bonds is 6. The van der Waals surface area contributed by atoms with E-state index in [0.717, 1.165) is 28.4 Å². The van der Waals surface area contributed by atoms with E-state index in [9.17, 15) is 14.4 Å². The number of carbonyl (C=O) groups excluding carboxylic acids is 2. The molecule has 12 heteroatoms. The molecule has 0 bridgehead atoms. The Kier molecular flexibility index (Phi) is 5.78. The van der Waals surface area contributed by atoms with Gasteiger partial charge in [-0.3, -0.25) is 19.7 Å². The van der Waals surface area contributed by atoms with E-state index in [2.05, 4.69) is 32.3 Å². The number of ether oxygens (including phenoxy) is 1. The van der Waals surface area contributed by atoms with E-state index in [1.807, 2.05) is 0 Å². The van der Waals surface area contributed by atoms with Gasteiger partial charge in [0.25, 0.3) is 11.5 Å². The molecule has 2 fully saturated rings. The molecule has 1 unspecified atom stereocenters. The zero-order valence-corrected chi connectivity index (χ0v) is 20.1. The summed E-state index contributed by atoms with van der Waals surface area (Å²) in [6.45, 7) is -0.366. The molecule has 10 nitrogen and oxygen atoms in total. The van der Waals surface area contributed by atoms with Gasteiger partial charge < -0.3 is 15.0 Å². The second-order valence-corrected chi connectivity index (χ2v) is 9.86. The molecule has 3 aromatic rings. The van der Waals surface area contributed by atoms with Gasteiger partial charge in [-0.05, 0) is 36.7 Å². The van der Waals surface area contributed by atoms with E-state index in [1.165, 1.54) is 38.4 Å². The van der Waals surface area contributed by atoms with Crippen LogP contribution in [0.15, 0.2) is 29.3 Å². The van der Waals surface area contributed by atoms with Crippen LogP contribution >= 0.6 is 22.9 Å². The maximum Gasteiger partial charge on any atom is 0.258 e. The first-order valence-electron chi connectivity index (χ1n) is 10.7. The number of anilines is 1. The highest BCUT2D eigenvalue weighted by Gasteiger charge is 2.62. The quantitative estimate of drug-likeness (QED) is 0.382. The summed E-state index contributed by atoms with van der Waals surface area (Å²) in [7, 11) is 1.43. The molecular weight excluding hydrogens is 492 g/mol. The van der Waals surface area contributed by atoms with Gasteiger partial charge in [0.15, 0.2) is 5.01 Å². The minimum absolute atomic E-state index is 0.0211. The molecule has 178 valence electrons. The lowest BCUT2D eigenvalue weighted by Crippen LogP contribution is -2.29. The molecule has 2 aliphatic rings. The maximum absolute atomic E-state index is 13.2. The highest BCUT2D eigenvalue weighted by Crippen LogP contribution is 2.70. The van der Waals surface area contributed by atoms with Crippen molar-refractivity contribution in [2.24, 2.45) is 17.1 Å². The smallest absolute Gasteiger partial charge is 0.258 e. The van der Waals surface area contributed by atoms with E-state index in [4.69, 9.17) is 22.1 Å². The Morgan fingerprint density at radius 3 is 2.83 bits per heavy atom. The summed E-state index contributed by atoms with van der Waals surface area (Å²) in [6, 6.07) is 2.61. The minimum Gasteiger partial charge on any atom is -0.494 e. The Hall–Kier alpha value is -3.75. The molecule has 1 spiro atoms. The lowest BCUT2D eigenvalue weighted by Gasteiger charge is -2.15. The molecule has 3 heterocycles. The molecule has 0 radical (unpaired) electrons. The number of carbonyl (C=O) groups is 2. The summed E-state index contributed by atoms with van der Waals surface area (Å²) < 4.78 is 6.47. The van der Waals surface area contributed by atoms with E-state index < -0.39 is 17.4 Å². The number of methoxy groups -OCH3 is 1. The number of pyridine rings is 2. The number of hydrogen-bond donors (Lipinski definition) is 2. The molecule has 35 heavy (non-hydrogen) atoms. The van der Waals surface area contributed by atoms with Crippen molar-refractivity contribution in [2.75, 3.05) is 12.4 Å². The fraction of sp³-hybridized carbons (Fsp3) is 0.304. The van der Waals surface area contributed by atoms with Crippen LogP contribution in [0.2, 0.25) is 5.15 Å². The molecule has 2 aliphatic carbocycles. The fourth-order valence-electron chi connectivity index (χ4n) is 3.96. The van der Waals surface area contributed by atoms with Crippen molar-refractivity contribution in [3.63, 3.8) is 0 Å². The van der Waals surface area contributed by atoms with Gasteiger partial charge in [-0.2, -0.15) is 0 Å². The van der Waals surface area contributed by atoms with Crippen LogP contribution in [0.25, 0.3) is 11.1 Å². The number of nitrogens with zero attached hydrogens (tertiary/aromatic N) is 4. The number of nitrogens with two attached hydrogens (primary N) is 1. The summed E-state index contributed by atoms with van der Waals surface area (Å²) in [5, 5.41) is 11.6. The van der Waals surface area contributed by atoms with E-state index in [1.54, 1.807) is 0 Å². The predicted octanol–water partition coefficient (Wildman–Crippen LogP) is 2.31. The van der Waals surface area contributed by atoms with Gasteiger partial charge in [-0.1, -0.05) is 28.9 Å². The molecule has 2 saturated carbocycles. The average molecular weight is 511 g/mol. The minimum atomic E-state index is -0.712. The summed E-state index contributed by atoms with van der Waals surface area (Å²) in [5.74, 6) is 5.70. The molecule has 0 aromatic carbocycles. The lowest BCUT2D eigenvalue weighted by atomic mass is 10.0. The topological polar surface area (TPSA) is 142 Å². The Morgan fingerprint density at radius 1 is 1.34 bits per heavy atom. The molecule has 3 aromatic heterocycles. The number of aromatic nitrogens is 4. The van der Waals surface area contributed by atoms with Crippen molar-refractivity contribution in [1.29, 1.82) is 0 Å². The average Bonchev–Trinajstić information content (AvgIpc) is 3.70. The monoisotopic (exact) mass is 510 g/mol. The molecule has 2 amide bonds. The van der Waals surface area contributed by atoms with Crippen LogP contribution < -0.4 is 21.3 Å². The maximum atomic E-state index is 13.2. The van der Waals surface area contributed by atoms with Crippen molar-refractivity contribution < 1.29 is 14.3 Å². The summed E-state index contributed by atoms with van der Waals surface area (Å²) >= 11 is 7.23. The first-order valence-corrected chi connectivity index (χ1v) is 11.9. The first kappa shape index (κ1) is 23.0. The third-order valence-corrected chi connectivity index (χ3v) is 7.08. The van der Waals surface area contributed by atoms with Gasteiger partial charge in [-0.15, -0.1) is 10.2 Å². The lowest BCUT2D eigenvalue weighted by molar-refractivity contribution is -0.118. The van der Waals surface area contributed by atoms with Gasteiger partial charge in [0, 0.05) is 29.3 Å². The van der Waals surface area contributed by atoms with E-state index in [-0.39, 0.29) is 28.0 Å². The Bertz CT molecular complexity index is 1480. The normalized spacial score (nSPS) is 16.8. The zero-order valence-electron chi connectivity index (χ0n) is 18.5. The highest BCUT2D eigenvalue weighted by molar-refractivity contribution is 7.15. The molecular formula is C23H19ClN6O4S. The zero-order chi connectivity index (χ0) is 24.7. The van der Waals surface area contributed by atoms with Crippen molar-refractivity contribution in [1.82, 2.24) is 19.7 Å². The second-order valence-electron chi connectivity index (χ2n) is 8.50. The number of amides is 2. The van der Waals surface area contributed by atoms with E-state index >= 15 is 0 Å². The van der Waals surface area contributed by atoms with Gasteiger partial charge in [0.05, 0.1) is 18.9 Å². The van der Waals surface area contributed by atoms with Crippen molar-refractivity contribution in [2.45, 2.75) is 25.8 Å². The first-order chi connectivity index (χ1) is 16.8. The van der Waals surface area contributed by atoms with Crippen LogP contribution in [-0.4, -0.2) is 38.7 Å². The van der Waals surface area contributed by atoms with Crippen LogP contribution in [0.4, 0.5) is 5.13 Å². The van der Waals surface area contributed by atoms with Gasteiger partial charge in [-0.25, -0.2) is 4.98 Å². The molecule has 0 saturated heterocycles. The molecule has 0 aliphatic heterocycles. The molecule has 3 N–H and O–H groups in total. The third-order valence-electron chi connectivity index (χ3n) is 6.12. The van der Waals surface area contributed by atoms with Crippen LogP contribution in [0.3, 0.4) is 0 Å². The van der Waals surface area contributed by atoms with Crippen molar-refractivity contribution in [3.05, 3.63) is 50.6 Å². The largest absolute Gasteiger partial charge is 0.494 e. The highest BCUT2D eigenvalue weighted by atomic mass is 35.5.